The first-order valence-corrected chi connectivity index (χ1v) is 7.02. The molecule has 5 heteroatoms. The van der Waals surface area contributed by atoms with Crippen LogP contribution in [0.4, 0.5) is 4.79 Å². The van der Waals surface area contributed by atoms with Gasteiger partial charge in [-0.3, -0.25) is 4.79 Å². The molecule has 0 spiro atoms. The number of hydrogen-bond acceptors (Lipinski definition) is 2. The van der Waals surface area contributed by atoms with Gasteiger partial charge < -0.3 is 15.5 Å². The van der Waals surface area contributed by atoms with Crippen molar-refractivity contribution in [3.63, 3.8) is 0 Å². The van der Waals surface area contributed by atoms with Crippen LogP contribution in [0.5, 0.6) is 0 Å². The van der Waals surface area contributed by atoms with E-state index in [2.05, 4.69) is 10.6 Å². The highest BCUT2D eigenvalue weighted by Crippen LogP contribution is 2.17. The molecule has 5 nitrogen and oxygen atoms in total. The van der Waals surface area contributed by atoms with E-state index in [1.807, 2.05) is 30.3 Å². The third-order valence-electron chi connectivity index (χ3n) is 3.60. The zero-order valence-electron chi connectivity index (χ0n) is 11.8. The van der Waals surface area contributed by atoms with Crippen molar-refractivity contribution in [2.45, 2.75) is 31.8 Å². The van der Waals surface area contributed by atoms with Crippen molar-refractivity contribution in [1.29, 1.82) is 0 Å². The summed E-state index contributed by atoms with van der Waals surface area (Å²) in [5, 5.41) is 5.52. The number of likely N-dealkylation sites (N-methyl/N-ethyl adjacent to an activating group) is 1. The van der Waals surface area contributed by atoms with E-state index >= 15 is 0 Å². The minimum absolute atomic E-state index is 0.0837. The van der Waals surface area contributed by atoms with Gasteiger partial charge >= 0.3 is 6.03 Å². The summed E-state index contributed by atoms with van der Waals surface area (Å²) in [6.45, 7) is 1.12. The number of amides is 3. The highest BCUT2D eigenvalue weighted by molar-refractivity contribution is 5.87. The van der Waals surface area contributed by atoms with Crippen LogP contribution < -0.4 is 10.6 Å². The summed E-state index contributed by atoms with van der Waals surface area (Å²) in [5.41, 5.74) is 1.05. The van der Waals surface area contributed by atoms with E-state index in [0.29, 0.717) is 13.1 Å². The van der Waals surface area contributed by atoms with Crippen LogP contribution in [0.3, 0.4) is 0 Å². The maximum atomic E-state index is 12.2. The lowest BCUT2D eigenvalue weighted by atomic mass is 10.0. The molecule has 1 aliphatic heterocycles. The molecule has 1 fully saturated rings. The van der Waals surface area contributed by atoms with Gasteiger partial charge in [0.15, 0.2) is 0 Å². The van der Waals surface area contributed by atoms with Gasteiger partial charge in [0.1, 0.15) is 6.04 Å². The van der Waals surface area contributed by atoms with Crippen molar-refractivity contribution in [2.75, 3.05) is 13.6 Å². The molecule has 1 atom stereocenters. The van der Waals surface area contributed by atoms with Crippen LogP contribution in [-0.2, 0) is 11.3 Å². The van der Waals surface area contributed by atoms with Gasteiger partial charge in [0.05, 0.1) is 0 Å². The number of likely N-dealkylation sites (tertiary alicyclic amines) is 1. The second kappa shape index (κ2) is 6.93. The number of nitrogens with zero attached hydrogens (tertiary/aromatic N) is 1. The molecule has 1 aliphatic rings. The summed E-state index contributed by atoms with van der Waals surface area (Å²) in [5.74, 6) is -0.0837. The van der Waals surface area contributed by atoms with Gasteiger partial charge in [0.25, 0.3) is 0 Å². The molecule has 2 N–H and O–H groups in total. The SMILES string of the molecule is CNC(=O)C1CCCCN1C(=O)NCc1ccccc1. The Labute approximate surface area is 119 Å². The summed E-state index contributed by atoms with van der Waals surface area (Å²) >= 11 is 0. The Bertz CT molecular complexity index is 461. The monoisotopic (exact) mass is 275 g/mol. The van der Waals surface area contributed by atoms with Gasteiger partial charge in [-0.1, -0.05) is 30.3 Å². The van der Waals surface area contributed by atoms with E-state index in [1.165, 1.54) is 0 Å². The molecule has 108 valence electrons. The lowest BCUT2D eigenvalue weighted by Crippen LogP contribution is -2.54. The highest BCUT2D eigenvalue weighted by atomic mass is 16.2. The zero-order valence-corrected chi connectivity index (χ0v) is 11.8. The Morgan fingerprint density at radius 1 is 1.25 bits per heavy atom. The average Bonchev–Trinajstić information content (AvgIpc) is 2.52. The molecule has 0 aliphatic carbocycles. The van der Waals surface area contributed by atoms with Gasteiger partial charge in [-0.15, -0.1) is 0 Å². The Morgan fingerprint density at radius 2 is 2.00 bits per heavy atom. The molecule has 1 aromatic carbocycles. The lowest BCUT2D eigenvalue weighted by molar-refractivity contribution is -0.125. The Balaban J connectivity index is 1.94. The van der Waals surface area contributed by atoms with Crippen molar-refractivity contribution >= 4 is 11.9 Å². The van der Waals surface area contributed by atoms with E-state index in [1.54, 1.807) is 11.9 Å². The number of piperidine rings is 1. The van der Waals surface area contributed by atoms with E-state index in [0.717, 1.165) is 24.8 Å². The molecule has 0 radical (unpaired) electrons. The summed E-state index contributed by atoms with van der Waals surface area (Å²) in [4.78, 5) is 25.7. The number of carbonyl (C=O) groups is 2. The predicted molar refractivity (Wildman–Crippen MR) is 77.1 cm³/mol. The third kappa shape index (κ3) is 3.50. The normalized spacial score (nSPS) is 18.4. The molecule has 1 unspecified atom stereocenters. The largest absolute Gasteiger partial charge is 0.357 e. The van der Waals surface area contributed by atoms with E-state index < -0.39 is 0 Å². The van der Waals surface area contributed by atoms with Crippen molar-refractivity contribution in [3.05, 3.63) is 35.9 Å². The second-order valence-corrected chi connectivity index (χ2v) is 4.96. The lowest BCUT2D eigenvalue weighted by Gasteiger charge is -2.34. The van der Waals surface area contributed by atoms with Crippen LogP contribution in [0.25, 0.3) is 0 Å². The molecule has 0 bridgehead atoms. The molecule has 20 heavy (non-hydrogen) atoms. The maximum absolute atomic E-state index is 12.2. The predicted octanol–water partition coefficient (Wildman–Crippen LogP) is 1.50. The van der Waals surface area contributed by atoms with E-state index in [-0.39, 0.29) is 18.0 Å². The van der Waals surface area contributed by atoms with Crippen LogP contribution in [0.15, 0.2) is 30.3 Å². The zero-order chi connectivity index (χ0) is 14.4. The number of benzene rings is 1. The van der Waals surface area contributed by atoms with Crippen molar-refractivity contribution < 1.29 is 9.59 Å². The fourth-order valence-electron chi connectivity index (χ4n) is 2.49. The van der Waals surface area contributed by atoms with Gasteiger partial charge in [-0.2, -0.15) is 0 Å². The molecule has 3 amide bonds. The van der Waals surface area contributed by atoms with E-state index in [9.17, 15) is 9.59 Å². The van der Waals surface area contributed by atoms with Crippen molar-refractivity contribution in [2.24, 2.45) is 0 Å². The van der Waals surface area contributed by atoms with Crippen LogP contribution in [-0.4, -0.2) is 36.5 Å². The van der Waals surface area contributed by atoms with Crippen LogP contribution in [0.1, 0.15) is 24.8 Å². The topological polar surface area (TPSA) is 61.4 Å². The summed E-state index contributed by atoms with van der Waals surface area (Å²) in [7, 11) is 1.61. The molecular weight excluding hydrogens is 254 g/mol. The summed E-state index contributed by atoms with van der Waals surface area (Å²) in [6.07, 6.45) is 2.67. The first-order valence-electron chi connectivity index (χ1n) is 7.02. The fraction of sp³-hybridized carbons (Fsp3) is 0.467. The minimum Gasteiger partial charge on any atom is -0.357 e. The Kier molecular flexibility index (Phi) is 4.98. The van der Waals surface area contributed by atoms with Gasteiger partial charge in [-0.05, 0) is 24.8 Å². The van der Waals surface area contributed by atoms with Crippen LogP contribution in [0, 0.1) is 0 Å². The highest BCUT2D eigenvalue weighted by Gasteiger charge is 2.31. The molecule has 1 aromatic rings. The second-order valence-electron chi connectivity index (χ2n) is 4.96. The van der Waals surface area contributed by atoms with Gasteiger partial charge in [-0.25, -0.2) is 4.79 Å². The van der Waals surface area contributed by atoms with Gasteiger partial charge in [0.2, 0.25) is 5.91 Å². The number of carbonyl (C=O) groups excluding carboxylic acids is 2. The summed E-state index contributed by atoms with van der Waals surface area (Å²) in [6, 6.07) is 9.24. The number of nitrogens with one attached hydrogen (secondary N) is 2. The molecule has 0 aromatic heterocycles. The standard InChI is InChI=1S/C15H21N3O2/c1-16-14(19)13-9-5-6-10-18(13)15(20)17-11-12-7-3-2-4-8-12/h2-4,7-8,13H,5-6,9-11H2,1H3,(H,16,19)(H,17,20). The number of hydrogen-bond donors (Lipinski definition) is 2. The van der Waals surface area contributed by atoms with Crippen LogP contribution in [0.2, 0.25) is 0 Å². The van der Waals surface area contributed by atoms with Crippen LogP contribution >= 0.6 is 0 Å². The maximum Gasteiger partial charge on any atom is 0.318 e. The molecule has 1 saturated heterocycles. The minimum atomic E-state index is -0.343. The molecular formula is C15H21N3O2. The fourth-order valence-corrected chi connectivity index (χ4v) is 2.49. The quantitative estimate of drug-likeness (QED) is 0.878. The van der Waals surface area contributed by atoms with Crippen molar-refractivity contribution in [3.8, 4) is 0 Å². The average molecular weight is 275 g/mol. The smallest absolute Gasteiger partial charge is 0.318 e. The van der Waals surface area contributed by atoms with Gasteiger partial charge in [0, 0.05) is 20.1 Å². The Hall–Kier alpha value is -2.04. The molecule has 1 heterocycles. The molecule has 2 rings (SSSR count). The third-order valence-corrected chi connectivity index (χ3v) is 3.60. The Morgan fingerprint density at radius 3 is 2.70 bits per heavy atom. The van der Waals surface area contributed by atoms with E-state index in [4.69, 9.17) is 0 Å². The first kappa shape index (κ1) is 14.4. The van der Waals surface area contributed by atoms with Crippen molar-refractivity contribution in [1.82, 2.24) is 15.5 Å². The molecule has 0 saturated carbocycles. The number of urea groups is 1. The first-order chi connectivity index (χ1) is 9.72. The number of rotatable bonds is 3. The summed E-state index contributed by atoms with van der Waals surface area (Å²) < 4.78 is 0.